The lowest BCUT2D eigenvalue weighted by Crippen LogP contribution is -2.27. The van der Waals surface area contributed by atoms with Gasteiger partial charge in [0.25, 0.3) is 0 Å². The van der Waals surface area contributed by atoms with Gasteiger partial charge in [0.15, 0.2) is 0 Å². The van der Waals surface area contributed by atoms with E-state index < -0.39 is 33.5 Å². The zero-order chi connectivity index (χ0) is 25.1. The third-order valence-corrected chi connectivity index (χ3v) is 5.66. The van der Waals surface area contributed by atoms with Gasteiger partial charge in [-0.1, -0.05) is 6.07 Å². The van der Waals surface area contributed by atoms with Crippen molar-refractivity contribution < 1.29 is 26.4 Å². The van der Waals surface area contributed by atoms with E-state index in [0.717, 1.165) is 10.6 Å². The molecule has 0 bridgehead atoms. The Kier molecular flexibility index (Phi) is 6.85. The fourth-order valence-corrected chi connectivity index (χ4v) is 3.18. The number of carbonyl (C=O) groups is 1. The lowest BCUT2D eigenvalue weighted by atomic mass is 10.2. The van der Waals surface area contributed by atoms with Crippen molar-refractivity contribution in [3.05, 3.63) is 59.5 Å². The summed E-state index contributed by atoms with van der Waals surface area (Å²) in [5.41, 5.74) is 4.49. The summed E-state index contributed by atoms with van der Waals surface area (Å²) in [5.74, 6) is -1.21. The number of nitrogens with one attached hydrogen (secondary N) is 2. The molecule has 4 N–H and O–H groups in total. The number of amides is 1. The maximum Gasteiger partial charge on any atom is 0.421 e. The van der Waals surface area contributed by atoms with Gasteiger partial charge in [0, 0.05) is 37.7 Å². The standard InChI is InChI=1S/C19H19F3N8O3S/c1-30(34(2,32)33)17-12(4-3-7-24-17)9-26-16-13(19(20,21)22)10-27-18(29-16)28-14-6-5-11(8-25-14)15(23)31/h3-8,10H,9H2,1-2H3,(H2,23,31)(H2,25,26,27,28,29). The van der Waals surface area contributed by atoms with Gasteiger partial charge in [0.2, 0.25) is 21.9 Å². The van der Waals surface area contributed by atoms with Gasteiger partial charge >= 0.3 is 6.18 Å². The van der Waals surface area contributed by atoms with E-state index in [-0.39, 0.29) is 29.7 Å². The van der Waals surface area contributed by atoms with Gasteiger partial charge in [-0.3, -0.25) is 9.10 Å². The number of pyridine rings is 2. The average Bonchev–Trinajstić information content (AvgIpc) is 2.76. The van der Waals surface area contributed by atoms with Gasteiger partial charge < -0.3 is 16.4 Å². The molecule has 0 atom stereocenters. The predicted molar refractivity (Wildman–Crippen MR) is 118 cm³/mol. The van der Waals surface area contributed by atoms with E-state index in [2.05, 4.69) is 30.6 Å². The maximum atomic E-state index is 13.5. The van der Waals surface area contributed by atoms with Crippen LogP contribution in [0.15, 0.2) is 42.9 Å². The van der Waals surface area contributed by atoms with Crippen LogP contribution in [-0.2, 0) is 22.7 Å². The molecule has 0 aliphatic heterocycles. The summed E-state index contributed by atoms with van der Waals surface area (Å²) in [6.45, 7) is -0.214. The molecule has 3 aromatic rings. The van der Waals surface area contributed by atoms with E-state index in [1.165, 1.54) is 43.7 Å². The molecule has 0 saturated heterocycles. The highest BCUT2D eigenvalue weighted by atomic mass is 32.2. The van der Waals surface area contributed by atoms with E-state index >= 15 is 0 Å². The number of primary amides is 1. The molecular formula is C19H19F3N8O3S. The van der Waals surface area contributed by atoms with Gasteiger partial charge in [0.05, 0.1) is 11.8 Å². The molecule has 1 amide bonds. The molecular weight excluding hydrogens is 477 g/mol. The highest BCUT2D eigenvalue weighted by molar-refractivity contribution is 7.92. The normalized spacial score (nSPS) is 11.7. The minimum atomic E-state index is -4.76. The fraction of sp³-hybridized carbons (Fsp3) is 0.211. The molecule has 34 heavy (non-hydrogen) atoms. The number of aromatic nitrogens is 4. The lowest BCUT2D eigenvalue weighted by Gasteiger charge is -2.20. The second kappa shape index (κ2) is 9.46. The molecule has 15 heteroatoms. The Balaban J connectivity index is 1.89. The molecule has 11 nitrogen and oxygen atoms in total. The van der Waals surface area contributed by atoms with Gasteiger partial charge in [-0.15, -0.1) is 0 Å². The predicted octanol–water partition coefficient (Wildman–Crippen LogP) is 2.14. The first-order valence-electron chi connectivity index (χ1n) is 9.45. The Morgan fingerprint density at radius 3 is 2.47 bits per heavy atom. The lowest BCUT2D eigenvalue weighted by molar-refractivity contribution is -0.137. The minimum absolute atomic E-state index is 0.0530. The zero-order valence-corrected chi connectivity index (χ0v) is 18.6. The number of anilines is 4. The number of rotatable bonds is 8. The van der Waals surface area contributed by atoms with Crippen LogP contribution in [0.25, 0.3) is 0 Å². The highest BCUT2D eigenvalue weighted by Crippen LogP contribution is 2.34. The summed E-state index contributed by atoms with van der Waals surface area (Å²) in [7, 11) is -2.37. The van der Waals surface area contributed by atoms with Crippen molar-refractivity contribution >= 4 is 39.3 Å². The Bertz CT molecular complexity index is 1300. The summed E-state index contributed by atoms with van der Waals surface area (Å²) < 4.78 is 65.2. The Hall–Kier alpha value is -4.01. The van der Waals surface area contributed by atoms with Crippen LogP contribution in [0.4, 0.5) is 36.6 Å². The Morgan fingerprint density at radius 2 is 1.88 bits per heavy atom. The van der Waals surface area contributed by atoms with Crippen LogP contribution in [0, 0.1) is 0 Å². The highest BCUT2D eigenvalue weighted by Gasteiger charge is 2.35. The monoisotopic (exact) mass is 496 g/mol. The topological polar surface area (TPSA) is 156 Å². The first-order valence-corrected chi connectivity index (χ1v) is 11.3. The van der Waals surface area contributed by atoms with E-state index in [1.807, 2.05) is 0 Å². The molecule has 3 heterocycles. The average molecular weight is 496 g/mol. The van der Waals surface area contributed by atoms with Gasteiger partial charge in [0.1, 0.15) is 23.0 Å². The molecule has 0 aliphatic carbocycles. The first kappa shape index (κ1) is 24.6. The maximum absolute atomic E-state index is 13.5. The molecule has 0 saturated carbocycles. The summed E-state index contributed by atoms with van der Waals surface area (Å²) in [6.07, 6.45) is -0.625. The summed E-state index contributed by atoms with van der Waals surface area (Å²) in [4.78, 5) is 26.7. The molecule has 0 aromatic carbocycles. The quantitative estimate of drug-likeness (QED) is 0.425. The largest absolute Gasteiger partial charge is 0.421 e. The van der Waals surface area contributed by atoms with E-state index in [1.54, 1.807) is 0 Å². The number of nitrogens with zero attached hydrogens (tertiary/aromatic N) is 5. The van der Waals surface area contributed by atoms with Crippen molar-refractivity contribution in [1.82, 2.24) is 19.9 Å². The minimum Gasteiger partial charge on any atom is -0.366 e. The van der Waals surface area contributed by atoms with Crippen molar-refractivity contribution in [2.24, 2.45) is 5.73 Å². The van der Waals surface area contributed by atoms with E-state index in [9.17, 15) is 26.4 Å². The van der Waals surface area contributed by atoms with Crippen molar-refractivity contribution in [2.45, 2.75) is 12.7 Å². The molecule has 0 aliphatic rings. The molecule has 3 rings (SSSR count). The zero-order valence-electron chi connectivity index (χ0n) is 17.8. The van der Waals surface area contributed by atoms with Crippen molar-refractivity contribution in [1.29, 1.82) is 0 Å². The van der Waals surface area contributed by atoms with Gasteiger partial charge in [-0.25, -0.2) is 23.4 Å². The van der Waals surface area contributed by atoms with Crippen LogP contribution in [0.5, 0.6) is 0 Å². The summed E-state index contributed by atoms with van der Waals surface area (Å²) in [6, 6.07) is 5.81. The molecule has 0 spiro atoms. The number of hydrogen-bond acceptors (Lipinski definition) is 9. The fourth-order valence-electron chi connectivity index (χ4n) is 2.70. The van der Waals surface area contributed by atoms with E-state index in [0.29, 0.717) is 11.8 Å². The summed E-state index contributed by atoms with van der Waals surface area (Å²) >= 11 is 0. The smallest absolute Gasteiger partial charge is 0.366 e. The van der Waals surface area contributed by atoms with Crippen LogP contribution >= 0.6 is 0 Å². The molecule has 0 fully saturated rings. The first-order chi connectivity index (χ1) is 15.9. The Labute approximate surface area is 192 Å². The SMILES string of the molecule is CN(c1ncccc1CNc1nc(Nc2ccc(C(N)=O)cn2)ncc1C(F)(F)F)S(C)(=O)=O. The molecule has 0 radical (unpaired) electrons. The van der Waals surface area contributed by atoms with Crippen LogP contribution in [0.2, 0.25) is 0 Å². The van der Waals surface area contributed by atoms with Crippen molar-refractivity contribution in [2.75, 3.05) is 28.2 Å². The molecule has 3 aromatic heterocycles. The number of carbonyl (C=O) groups excluding carboxylic acids is 1. The van der Waals surface area contributed by atoms with Crippen LogP contribution < -0.4 is 20.7 Å². The second-order valence-corrected chi connectivity index (χ2v) is 8.96. The van der Waals surface area contributed by atoms with Gasteiger partial charge in [-0.05, 0) is 18.2 Å². The Morgan fingerprint density at radius 1 is 1.15 bits per heavy atom. The van der Waals surface area contributed by atoms with E-state index in [4.69, 9.17) is 5.73 Å². The third kappa shape index (κ3) is 5.86. The number of hydrogen-bond donors (Lipinski definition) is 3. The molecule has 180 valence electrons. The van der Waals surface area contributed by atoms with Gasteiger partial charge in [-0.2, -0.15) is 18.2 Å². The summed E-state index contributed by atoms with van der Waals surface area (Å²) in [5, 5.41) is 5.22. The number of alkyl halides is 3. The number of halogens is 3. The third-order valence-electron chi connectivity index (χ3n) is 4.49. The number of sulfonamides is 1. The van der Waals surface area contributed by atoms with Crippen molar-refractivity contribution in [3.63, 3.8) is 0 Å². The van der Waals surface area contributed by atoms with Crippen LogP contribution in [0.1, 0.15) is 21.5 Å². The molecule has 0 unspecified atom stereocenters. The van der Waals surface area contributed by atoms with Crippen molar-refractivity contribution in [3.8, 4) is 0 Å². The second-order valence-electron chi connectivity index (χ2n) is 6.95. The number of nitrogens with two attached hydrogens (primary N) is 1. The van der Waals surface area contributed by atoms with Crippen LogP contribution in [0.3, 0.4) is 0 Å². The van der Waals surface area contributed by atoms with Crippen LogP contribution in [-0.4, -0.2) is 47.6 Å².